The van der Waals surface area contributed by atoms with Crippen molar-refractivity contribution >= 4 is 11.4 Å². The van der Waals surface area contributed by atoms with Crippen LogP contribution in [-0.4, -0.2) is 15.3 Å². The summed E-state index contributed by atoms with van der Waals surface area (Å²) in [6.07, 6.45) is 7.70. The second kappa shape index (κ2) is 3.91. The smallest absolute Gasteiger partial charge is 0.136 e. The predicted octanol–water partition coefficient (Wildman–Crippen LogP) is 1.45. The average Bonchev–Trinajstić information content (AvgIpc) is 2.80. The molecule has 0 spiro atoms. The van der Waals surface area contributed by atoms with E-state index in [1.807, 2.05) is 20.8 Å². The summed E-state index contributed by atoms with van der Waals surface area (Å²) in [7, 11) is 0. The molecule has 0 heterocycles. The van der Waals surface area contributed by atoms with Gasteiger partial charge < -0.3 is 4.55 Å². The fraction of sp³-hybridized carbons (Fsp3) is 0.800. The molecule has 1 saturated carbocycles. The second-order valence-electron chi connectivity index (χ2n) is 4.48. The van der Waals surface area contributed by atoms with E-state index >= 15 is 0 Å². The average molecular weight is 199 g/mol. The minimum Gasteiger partial charge on any atom is -0.598 e. The van der Waals surface area contributed by atoms with Crippen LogP contribution in [0.2, 0.25) is 0 Å². The van der Waals surface area contributed by atoms with Crippen LogP contribution in [0, 0.1) is 18.3 Å². The van der Waals surface area contributed by atoms with E-state index in [4.69, 9.17) is 6.42 Å². The number of rotatable bonds is 3. The summed E-state index contributed by atoms with van der Waals surface area (Å²) in [5.41, 5.74) is 0. The molecule has 13 heavy (non-hydrogen) atoms. The van der Waals surface area contributed by atoms with E-state index in [0.717, 1.165) is 0 Å². The van der Waals surface area contributed by atoms with Crippen molar-refractivity contribution in [2.24, 2.45) is 5.92 Å². The molecule has 0 aromatic carbocycles. The Hall–Kier alpha value is -0.170. The van der Waals surface area contributed by atoms with Crippen LogP contribution in [0.4, 0.5) is 0 Å². The van der Waals surface area contributed by atoms with Gasteiger partial charge in [0.15, 0.2) is 0 Å². The Balaban J connectivity index is 2.42. The number of terminal acetylenes is 1. The minimum atomic E-state index is -1.04. The van der Waals surface area contributed by atoms with Crippen LogP contribution in [0.25, 0.3) is 0 Å². The molecule has 3 heteroatoms. The molecule has 2 nitrogen and oxygen atoms in total. The first-order valence-corrected chi connectivity index (χ1v) is 5.74. The molecule has 2 atom stereocenters. The Morgan fingerprint density at radius 3 is 2.38 bits per heavy atom. The molecule has 0 aromatic rings. The molecule has 1 N–H and O–H groups in total. The molecule has 74 valence electrons. The van der Waals surface area contributed by atoms with Gasteiger partial charge in [0, 0.05) is 11.4 Å². The van der Waals surface area contributed by atoms with E-state index in [2.05, 4.69) is 10.6 Å². The van der Waals surface area contributed by atoms with Gasteiger partial charge in [0.05, 0.1) is 0 Å². The standard InChI is InChI=1S/C10H17NOS/c1-5-9(8-6-7-8)11-13(12)10(2,3)4/h1,8-9,11H,6-7H2,2-4H3/t9-,13+/m0/s1. The maximum atomic E-state index is 11.7. The zero-order chi connectivity index (χ0) is 10.1. The Kier molecular flexibility index (Phi) is 3.28. The molecule has 0 unspecified atom stereocenters. The first kappa shape index (κ1) is 10.9. The quantitative estimate of drug-likeness (QED) is 0.551. The topological polar surface area (TPSA) is 35.1 Å². The Morgan fingerprint density at radius 2 is 2.08 bits per heavy atom. The summed E-state index contributed by atoms with van der Waals surface area (Å²) in [6.45, 7) is 5.82. The third-order valence-corrected chi connectivity index (χ3v) is 3.64. The highest BCUT2D eigenvalue weighted by Crippen LogP contribution is 2.33. The zero-order valence-electron chi connectivity index (χ0n) is 8.46. The summed E-state index contributed by atoms with van der Waals surface area (Å²) in [5.74, 6) is 3.21. The molecule has 1 aliphatic carbocycles. The first-order chi connectivity index (χ1) is 5.95. The number of nitrogens with one attached hydrogen (secondary N) is 1. The van der Waals surface area contributed by atoms with E-state index in [-0.39, 0.29) is 10.8 Å². The summed E-state index contributed by atoms with van der Waals surface area (Å²) < 4.78 is 14.4. The van der Waals surface area contributed by atoms with Gasteiger partial charge in [-0.3, -0.25) is 0 Å². The SMILES string of the molecule is C#C[C@H](N[S@+]([O-])C(C)(C)C)C1CC1. The highest BCUT2D eigenvalue weighted by Gasteiger charge is 2.36. The summed E-state index contributed by atoms with van der Waals surface area (Å²) in [6, 6.07) is 0.0000540. The molecular formula is C10H17NOS. The lowest BCUT2D eigenvalue weighted by Gasteiger charge is -2.25. The van der Waals surface area contributed by atoms with E-state index in [9.17, 15) is 4.55 Å². The fourth-order valence-electron chi connectivity index (χ4n) is 0.988. The second-order valence-corrected chi connectivity index (χ2v) is 6.48. The van der Waals surface area contributed by atoms with Gasteiger partial charge in [0.1, 0.15) is 10.8 Å². The highest BCUT2D eigenvalue weighted by molar-refractivity contribution is 7.90. The van der Waals surface area contributed by atoms with Gasteiger partial charge in [-0.15, -0.1) is 11.1 Å². The van der Waals surface area contributed by atoms with Gasteiger partial charge in [0.2, 0.25) is 0 Å². The van der Waals surface area contributed by atoms with Gasteiger partial charge >= 0.3 is 0 Å². The van der Waals surface area contributed by atoms with Crippen LogP contribution in [0.3, 0.4) is 0 Å². The zero-order valence-corrected chi connectivity index (χ0v) is 9.28. The van der Waals surface area contributed by atoms with Gasteiger partial charge in [-0.05, 0) is 39.5 Å². The first-order valence-electron chi connectivity index (χ1n) is 4.59. The minimum absolute atomic E-state index is 0.0000540. The summed E-state index contributed by atoms with van der Waals surface area (Å²) >= 11 is -1.04. The van der Waals surface area contributed by atoms with Crippen molar-refractivity contribution in [2.45, 2.75) is 44.4 Å². The van der Waals surface area contributed by atoms with Crippen LogP contribution in [0.5, 0.6) is 0 Å². The van der Waals surface area contributed by atoms with Gasteiger partial charge in [-0.2, -0.15) is 0 Å². The Morgan fingerprint density at radius 1 is 1.54 bits per heavy atom. The molecule has 1 fully saturated rings. The van der Waals surface area contributed by atoms with Crippen molar-refractivity contribution < 1.29 is 4.55 Å². The van der Waals surface area contributed by atoms with Crippen LogP contribution in [0.1, 0.15) is 33.6 Å². The molecule has 0 saturated heterocycles. The van der Waals surface area contributed by atoms with E-state index < -0.39 is 11.4 Å². The normalized spacial score (nSPS) is 22.1. The van der Waals surface area contributed by atoms with Crippen LogP contribution in [0.15, 0.2) is 0 Å². The van der Waals surface area contributed by atoms with Crippen molar-refractivity contribution in [3.05, 3.63) is 0 Å². The number of hydrogen-bond acceptors (Lipinski definition) is 2. The van der Waals surface area contributed by atoms with Crippen molar-refractivity contribution in [2.75, 3.05) is 0 Å². The molecular weight excluding hydrogens is 182 g/mol. The monoisotopic (exact) mass is 199 g/mol. The lowest BCUT2D eigenvalue weighted by Crippen LogP contribution is -2.45. The van der Waals surface area contributed by atoms with Gasteiger partial charge in [0.25, 0.3) is 0 Å². The molecule has 0 radical (unpaired) electrons. The lowest BCUT2D eigenvalue weighted by molar-refractivity contribution is 0.528. The third-order valence-electron chi connectivity index (χ3n) is 2.06. The molecule has 1 aliphatic rings. The lowest BCUT2D eigenvalue weighted by atomic mass is 10.2. The van der Waals surface area contributed by atoms with Crippen LogP contribution in [-0.2, 0) is 11.4 Å². The van der Waals surface area contributed by atoms with Crippen molar-refractivity contribution in [3.63, 3.8) is 0 Å². The van der Waals surface area contributed by atoms with Crippen molar-refractivity contribution in [3.8, 4) is 12.3 Å². The fourth-order valence-corrected chi connectivity index (χ4v) is 1.83. The van der Waals surface area contributed by atoms with Gasteiger partial charge in [-0.25, -0.2) is 0 Å². The van der Waals surface area contributed by atoms with Crippen LogP contribution < -0.4 is 4.72 Å². The molecule has 1 rings (SSSR count). The summed E-state index contributed by atoms with van der Waals surface area (Å²) in [4.78, 5) is 0. The van der Waals surface area contributed by atoms with E-state index in [1.54, 1.807) is 0 Å². The highest BCUT2D eigenvalue weighted by atomic mass is 32.2. The van der Waals surface area contributed by atoms with Crippen molar-refractivity contribution in [1.82, 2.24) is 4.72 Å². The third kappa shape index (κ3) is 3.22. The molecule has 0 aromatic heterocycles. The maximum absolute atomic E-state index is 11.7. The van der Waals surface area contributed by atoms with Crippen LogP contribution >= 0.6 is 0 Å². The van der Waals surface area contributed by atoms with Gasteiger partial charge in [-0.1, -0.05) is 5.92 Å². The molecule has 0 aliphatic heterocycles. The Bertz CT molecular complexity index is 212. The molecule has 0 bridgehead atoms. The predicted molar refractivity (Wildman–Crippen MR) is 56.4 cm³/mol. The van der Waals surface area contributed by atoms with E-state index in [1.165, 1.54) is 12.8 Å². The Labute approximate surface area is 83.8 Å². The van der Waals surface area contributed by atoms with E-state index in [0.29, 0.717) is 5.92 Å². The maximum Gasteiger partial charge on any atom is 0.136 e. The number of hydrogen-bond donors (Lipinski definition) is 1. The largest absolute Gasteiger partial charge is 0.598 e. The molecule has 0 amide bonds. The van der Waals surface area contributed by atoms with Crippen molar-refractivity contribution in [1.29, 1.82) is 0 Å². The summed E-state index contributed by atoms with van der Waals surface area (Å²) in [5, 5.41) is 0.